The van der Waals surface area contributed by atoms with E-state index in [-0.39, 0.29) is 18.5 Å². The normalized spacial score (nSPS) is 14.9. The molecule has 1 aromatic carbocycles. The van der Waals surface area contributed by atoms with Crippen LogP contribution < -0.4 is 10.6 Å². The Hall–Kier alpha value is -2.24. The van der Waals surface area contributed by atoms with E-state index in [9.17, 15) is 9.59 Å². The first-order chi connectivity index (χ1) is 8.99. The van der Waals surface area contributed by atoms with Crippen LogP contribution in [0.3, 0.4) is 0 Å². The van der Waals surface area contributed by atoms with Crippen LogP contribution in [0.25, 0.3) is 0 Å². The van der Waals surface area contributed by atoms with E-state index in [0.29, 0.717) is 18.8 Å². The Morgan fingerprint density at radius 1 is 1.26 bits per heavy atom. The fraction of sp³-hybridized carbons (Fsp3) is 0.385. The molecule has 1 aliphatic heterocycles. The predicted molar refractivity (Wildman–Crippen MR) is 73.9 cm³/mol. The Morgan fingerprint density at radius 2 is 1.89 bits per heavy atom. The Balaban J connectivity index is 2.05. The van der Waals surface area contributed by atoms with Gasteiger partial charge in [-0.2, -0.15) is 0 Å². The summed E-state index contributed by atoms with van der Waals surface area (Å²) in [5.41, 5.74) is 7.09. The van der Waals surface area contributed by atoms with Crippen LogP contribution in [0.4, 0.5) is 16.2 Å². The quantitative estimate of drug-likeness (QED) is 0.811. The molecule has 0 bridgehead atoms. The first-order valence-electron chi connectivity index (χ1n) is 6.11. The lowest BCUT2D eigenvalue weighted by molar-refractivity contribution is -0.129. The molecule has 0 aliphatic carbocycles. The highest BCUT2D eigenvalue weighted by atomic mass is 16.2. The van der Waals surface area contributed by atoms with Gasteiger partial charge in [-0.05, 0) is 24.3 Å². The van der Waals surface area contributed by atoms with Crippen LogP contribution in [0.15, 0.2) is 24.3 Å². The summed E-state index contributed by atoms with van der Waals surface area (Å²) in [6.45, 7) is 1.27. The van der Waals surface area contributed by atoms with Gasteiger partial charge < -0.3 is 15.5 Å². The zero-order chi connectivity index (χ0) is 14.0. The van der Waals surface area contributed by atoms with Crippen molar-refractivity contribution in [3.8, 4) is 0 Å². The van der Waals surface area contributed by atoms with E-state index in [2.05, 4.69) is 0 Å². The Labute approximate surface area is 112 Å². The number of carbonyl (C=O) groups is 2. The third-order valence-electron chi connectivity index (χ3n) is 3.12. The summed E-state index contributed by atoms with van der Waals surface area (Å²) in [6, 6.07) is 7.00. The molecule has 0 spiro atoms. The van der Waals surface area contributed by atoms with E-state index in [1.54, 1.807) is 36.0 Å². The lowest BCUT2D eigenvalue weighted by atomic mass is 10.2. The number of amides is 3. The minimum absolute atomic E-state index is 0.0764. The molecule has 0 unspecified atom stereocenters. The van der Waals surface area contributed by atoms with Crippen LogP contribution in [0.5, 0.6) is 0 Å². The number of urea groups is 1. The number of benzene rings is 1. The SMILES string of the molecule is CN(C)C(=O)CN1CCN(c2ccc(N)cc2)C1=O. The highest BCUT2D eigenvalue weighted by Crippen LogP contribution is 2.21. The Morgan fingerprint density at radius 3 is 2.47 bits per heavy atom. The number of likely N-dealkylation sites (N-methyl/N-ethyl adjacent to an activating group) is 1. The maximum absolute atomic E-state index is 12.2. The monoisotopic (exact) mass is 262 g/mol. The maximum atomic E-state index is 12.2. The second kappa shape index (κ2) is 5.17. The maximum Gasteiger partial charge on any atom is 0.325 e. The minimum atomic E-state index is -0.139. The van der Waals surface area contributed by atoms with Crippen molar-refractivity contribution in [2.24, 2.45) is 0 Å². The highest BCUT2D eigenvalue weighted by molar-refractivity contribution is 5.96. The number of nitrogens with zero attached hydrogens (tertiary/aromatic N) is 3. The largest absolute Gasteiger partial charge is 0.399 e. The summed E-state index contributed by atoms with van der Waals surface area (Å²) in [7, 11) is 3.36. The van der Waals surface area contributed by atoms with Gasteiger partial charge in [-0.3, -0.25) is 9.69 Å². The van der Waals surface area contributed by atoms with Crippen LogP contribution in [-0.2, 0) is 4.79 Å². The van der Waals surface area contributed by atoms with E-state index in [1.807, 2.05) is 12.1 Å². The number of anilines is 2. The predicted octanol–water partition coefficient (Wildman–Crippen LogP) is 0.599. The number of hydrogen-bond donors (Lipinski definition) is 1. The van der Waals surface area contributed by atoms with Crippen LogP contribution in [-0.4, -0.2) is 55.5 Å². The molecule has 0 aromatic heterocycles. The van der Waals surface area contributed by atoms with E-state index >= 15 is 0 Å². The third kappa shape index (κ3) is 2.78. The molecule has 19 heavy (non-hydrogen) atoms. The summed E-state index contributed by atoms with van der Waals surface area (Å²) < 4.78 is 0. The van der Waals surface area contributed by atoms with Crippen molar-refractivity contribution in [1.82, 2.24) is 9.80 Å². The van der Waals surface area contributed by atoms with Gasteiger partial charge in [-0.15, -0.1) is 0 Å². The second-order valence-electron chi connectivity index (χ2n) is 4.74. The topological polar surface area (TPSA) is 69.9 Å². The van der Waals surface area contributed by atoms with Gasteiger partial charge in [-0.1, -0.05) is 0 Å². The van der Waals surface area contributed by atoms with Crippen molar-refractivity contribution in [3.63, 3.8) is 0 Å². The van der Waals surface area contributed by atoms with E-state index in [0.717, 1.165) is 5.69 Å². The van der Waals surface area contributed by atoms with Crippen molar-refractivity contribution in [3.05, 3.63) is 24.3 Å². The summed E-state index contributed by atoms with van der Waals surface area (Å²) in [6.07, 6.45) is 0. The lowest BCUT2D eigenvalue weighted by Gasteiger charge is -2.20. The van der Waals surface area contributed by atoms with Gasteiger partial charge in [0.1, 0.15) is 6.54 Å². The smallest absolute Gasteiger partial charge is 0.325 e. The zero-order valence-corrected chi connectivity index (χ0v) is 11.2. The van der Waals surface area contributed by atoms with E-state index < -0.39 is 0 Å². The standard InChI is InChI=1S/C13H18N4O2/c1-15(2)12(18)9-16-7-8-17(13(16)19)11-5-3-10(14)4-6-11/h3-6H,7-9,14H2,1-2H3. The molecule has 0 radical (unpaired) electrons. The zero-order valence-electron chi connectivity index (χ0n) is 11.2. The Kier molecular flexibility index (Phi) is 3.59. The fourth-order valence-corrected chi connectivity index (χ4v) is 1.93. The average Bonchev–Trinajstić information content (AvgIpc) is 2.72. The molecule has 6 heteroatoms. The summed E-state index contributed by atoms with van der Waals surface area (Å²) in [5, 5.41) is 0. The number of nitrogen functional groups attached to an aromatic ring is 1. The van der Waals surface area contributed by atoms with Gasteiger partial charge >= 0.3 is 6.03 Å². The van der Waals surface area contributed by atoms with Crippen molar-refractivity contribution < 1.29 is 9.59 Å². The molecule has 6 nitrogen and oxygen atoms in total. The molecule has 1 aliphatic rings. The Bertz CT molecular complexity index is 484. The second-order valence-corrected chi connectivity index (χ2v) is 4.74. The molecular formula is C13H18N4O2. The molecule has 1 fully saturated rings. The molecular weight excluding hydrogens is 244 g/mol. The van der Waals surface area contributed by atoms with Crippen molar-refractivity contribution in [1.29, 1.82) is 0 Å². The number of rotatable bonds is 3. The van der Waals surface area contributed by atoms with Crippen molar-refractivity contribution >= 4 is 23.3 Å². The summed E-state index contributed by atoms with van der Waals surface area (Å²) in [5.74, 6) is -0.0764. The first kappa shape index (κ1) is 13.2. The molecule has 3 amide bonds. The van der Waals surface area contributed by atoms with Gasteiger partial charge in [0.25, 0.3) is 0 Å². The van der Waals surface area contributed by atoms with Crippen molar-refractivity contribution in [2.75, 3.05) is 44.4 Å². The third-order valence-corrected chi connectivity index (χ3v) is 3.12. The molecule has 2 N–H and O–H groups in total. The van der Waals surface area contributed by atoms with Gasteiger partial charge in [0, 0.05) is 38.6 Å². The summed E-state index contributed by atoms with van der Waals surface area (Å²) >= 11 is 0. The van der Waals surface area contributed by atoms with Crippen LogP contribution in [0, 0.1) is 0 Å². The molecule has 1 saturated heterocycles. The summed E-state index contributed by atoms with van der Waals surface area (Å²) in [4.78, 5) is 28.5. The molecule has 0 saturated carbocycles. The molecule has 0 atom stereocenters. The molecule has 1 aromatic rings. The molecule has 102 valence electrons. The van der Waals surface area contributed by atoms with E-state index in [4.69, 9.17) is 5.73 Å². The minimum Gasteiger partial charge on any atom is -0.399 e. The van der Waals surface area contributed by atoms with Crippen LogP contribution in [0.2, 0.25) is 0 Å². The fourth-order valence-electron chi connectivity index (χ4n) is 1.93. The van der Waals surface area contributed by atoms with E-state index in [1.165, 1.54) is 4.90 Å². The first-order valence-corrected chi connectivity index (χ1v) is 6.11. The number of hydrogen-bond acceptors (Lipinski definition) is 3. The van der Waals surface area contributed by atoms with Crippen LogP contribution >= 0.6 is 0 Å². The average molecular weight is 262 g/mol. The van der Waals surface area contributed by atoms with Gasteiger partial charge in [0.05, 0.1) is 0 Å². The molecule has 1 heterocycles. The van der Waals surface area contributed by atoms with Crippen molar-refractivity contribution in [2.45, 2.75) is 0 Å². The van der Waals surface area contributed by atoms with Gasteiger partial charge in [-0.25, -0.2) is 4.79 Å². The van der Waals surface area contributed by atoms with Gasteiger partial charge in [0.15, 0.2) is 0 Å². The van der Waals surface area contributed by atoms with Gasteiger partial charge in [0.2, 0.25) is 5.91 Å². The van der Waals surface area contributed by atoms with Crippen LogP contribution in [0.1, 0.15) is 0 Å². The molecule has 2 rings (SSSR count). The number of carbonyl (C=O) groups excluding carboxylic acids is 2. The number of nitrogens with two attached hydrogens (primary N) is 1. The lowest BCUT2D eigenvalue weighted by Crippen LogP contribution is -2.39. The highest BCUT2D eigenvalue weighted by Gasteiger charge is 2.30.